The zero-order valence-corrected chi connectivity index (χ0v) is 35.7. The minimum Gasteiger partial charge on any atom is -0.310 e. The summed E-state index contributed by atoms with van der Waals surface area (Å²) in [6, 6.07) is 89.6. The fourth-order valence-corrected chi connectivity index (χ4v) is 11.9. The first-order valence-corrected chi connectivity index (χ1v) is 22.8. The van der Waals surface area contributed by atoms with Crippen molar-refractivity contribution < 1.29 is 0 Å². The predicted octanol–water partition coefficient (Wildman–Crippen LogP) is 17.0. The summed E-state index contributed by atoms with van der Waals surface area (Å²) in [5.74, 6) is 0. The molecule has 0 fully saturated rings. The molecule has 1 spiro atoms. The van der Waals surface area contributed by atoms with Gasteiger partial charge in [-0.05, 0) is 129 Å². The highest BCUT2D eigenvalue weighted by Crippen LogP contribution is 2.65. The van der Waals surface area contributed by atoms with Crippen LogP contribution in [-0.4, -0.2) is 0 Å². The molecule has 11 aromatic rings. The molecule has 2 aliphatic rings. The summed E-state index contributed by atoms with van der Waals surface area (Å²) in [6.45, 7) is 0. The molecule has 1 heterocycles. The van der Waals surface area contributed by atoms with Crippen molar-refractivity contribution in [3.8, 4) is 33.4 Å². The van der Waals surface area contributed by atoms with Crippen LogP contribution >= 0.6 is 11.3 Å². The van der Waals surface area contributed by atoms with Crippen molar-refractivity contribution in [1.29, 1.82) is 0 Å². The first kappa shape index (κ1) is 36.7. The molecule has 0 amide bonds. The van der Waals surface area contributed by atoms with Crippen LogP contribution in [0.3, 0.4) is 0 Å². The lowest BCUT2D eigenvalue weighted by atomic mass is 9.70. The first-order valence-electron chi connectivity index (χ1n) is 22.0. The minimum absolute atomic E-state index is 0.562. The number of thiophene rings is 1. The van der Waals surface area contributed by atoms with Crippen LogP contribution in [0.1, 0.15) is 22.3 Å². The molecule has 2 nitrogen and oxygen atoms in total. The van der Waals surface area contributed by atoms with Crippen LogP contribution < -0.4 is 9.80 Å². The number of rotatable bonds is 7. The molecule has 1 atom stereocenters. The van der Waals surface area contributed by atoms with E-state index in [1.54, 1.807) is 0 Å². The van der Waals surface area contributed by atoms with Gasteiger partial charge >= 0.3 is 0 Å². The topological polar surface area (TPSA) is 6.48 Å². The van der Waals surface area contributed by atoms with Gasteiger partial charge in [-0.2, -0.15) is 0 Å². The normalized spacial score (nSPS) is 14.3. The number of anilines is 6. The molecule has 0 aliphatic heterocycles. The lowest BCUT2D eigenvalue weighted by Gasteiger charge is -2.33. The van der Waals surface area contributed by atoms with E-state index in [-0.39, 0.29) is 0 Å². The third-order valence-corrected chi connectivity index (χ3v) is 14.6. The average Bonchev–Trinajstić information content (AvgIpc) is 3.99. The number of para-hydroxylation sites is 2. The Morgan fingerprint density at radius 3 is 1.62 bits per heavy atom. The zero-order valence-electron chi connectivity index (χ0n) is 34.9. The third-order valence-electron chi connectivity index (χ3n) is 13.4. The largest absolute Gasteiger partial charge is 0.310 e. The predicted molar refractivity (Wildman–Crippen MR) is 270 cm³/mol. The van der Waals surface area contributed by atoms with E-state index >= 15 is 0 Å². The molecule has 1 unspecified atom stereocenters. The van der Waals surface area contributed by atoms with E-state index < -0.39 is 5.41 Å². The lowest BCUT2D eigenvalue weighted by Crippen LogP contribution is -2.26. The molecule has 0 saturated carbocycles. The Morgan fingerprint density at radius 2 is 0.828 bits per heavy atom. The van der Waals surface area contributed by atoms with Crippen molar-refractivity contribution in [2.45, 2.75) is 5.41 Å². The third kappa shape index (κ3) is 5.44. The maximum absolute atomic E-state index is 2.50. The summed E-state index contributed by atoms with van der Waals surface area (Å²) in [5, 5.41) is 2.58. The Labute approximate surface area is 377 Å². The van der Waals surface area contributed by atoms with Gasteiger partial charge in [-0.1, -0.05) is 164 Å². The molecule has 64 heavy (non-hydrogen) atoms. The van der Waals surface area contributed by atoms with E-state index in [2.05, 4.69) is 252 Å². The fourth-order valence-electron chi connectivity index (χ4n) is 10.8. The summed E-state index contributed by atoms with van der Waals surface area (Å²) in [7, 11) is 0. The molecule has 2 aliphatic carbocycles. The van der Waals surface area contributed by atoms with Crippen molar-refractivity contribution in [3.05, 3.63) is 265 Å². The number of nitrogens with zero attached hydrogens (tertiary/aromatic N) is 2. The molecule has 1 aromatic heterocycles. The highest BCUT2D eigenvalue weighted by molar-refractivity contribution is 7.25. The van der Waals surface area contributed by atoms with E-state index in [0.29, 0.717) is 0 Å². The molecule has 0 saturated heterocycles. The average molecular weight is 833 g/mol. The van der Waals surface area contributed by atoms with Crippen molar-refractivity contribution in [2.75, 3.05) is 9.80 Å². The second-order valence-electron chi connectivity index (χ2n) is 16.8. The Balaban J connectivity index is 1.06. The quantitative estimate of drug-likeness (QED) is 0.158. The Hall–Kier alpha value is -7.98. The van der Waals surface area contributed by atoms with Crippen LogP contribution in [0.4, 0.5) is 34.1 Å². The van der Waals surface area contributed by atoms with Gasteiger partial charge in [-0.25, -0.2) is 0 Å². The van der Waals surface area contributed by atoms with Gasteiger partial charge in [-0.15, -0.1) is 11.3 Å². The highest BCUT2D eigenvalue weighted by atomic mass is 32.1. The summed E-state index contributed by atoms with van der Waals surface area (Å²) in [6.07, 6.45) is 0. The molecular formula is C61H40N2S. The zero-order chi connectivity index (χ0) is 42.2. The maximum atomic E-state index is 2.50. The van der Waals surface area contributed by atoms with Gasteiger partial charge < -0.3 is 9.80 Å². The standard InChI is InChI=1S/C61H40N2S/c1-4-18-41(19-5-1)42-20-16-25-45(38-42)63(44-23-8-3-9-24-44)57-32-17-31-55-60(57)51-28-11-14-30-54(51)61(55)53-29-13-10-26-48(53)49-36-34-47(40-56(49)61)62(43-21-6-2-7-22-43)46-35-37-59-52(39-46)50-27-12-15-33-58(50)64-59/h1-40H. The molecule has 3 heteroatoms. The fraction of sp³-hybridized carbons (Fsp3) is 0.0164. The van der Waals surface area contributed by atoms with Crippen LogP contribution in [0.5, 0.6) is 0 Å². The molecule has 0 N–H and O–H groups in total. The maximum Gasteiger partial charge on any atom is 0.0727 e. The smallest absolute Gasteiger partial charge is 0.0727 e. The summed E-state index contributed by atoms with van der Waals surface area (Å²) in [4.78, 5) is 4.90. The SMILES string of the molecule is c1ccc(-c2cccc(N(c3ccccc3)c3cccc4c3-c3ccccc3C43c4ccccc4-c4ccc(N(c5ccccc5)c5ccc6sc7ccccc7c6c5)cc43)c2)cc1. The number of benzene rings is 10. The lowest BCUT2D eigenvalue weighted by molar-refractivity contribution is 0.793. The summed E-state index contributed by atoms with van der Waals surface area (Å²) in [5.41, 5.74) is 18.9. The number of hydrogen-bond donors (Lipinski definition) is 0. The van der Waals surface area contributed by atoms with Crippen LogP contribution in [0, 0.1) is 0 Å². The van der Waals surface area contributed by atoms with Crippen LogP contribution in [-0.2, 0) is 5.41 Å². The van der Waals surface area contributed by atoms with Gasteiger partial charge in [0.1, 0.15) is 0 Å². The van der Waals surface area contributed by atoms with Crippen LogP contribution in [0.2, 0.25) is 0 Å². The Morgan fingerprint density at radius 1 is 0.297 bits per heavy atom. The molecule has 0 bridgehead atoms. The van der Waals surface area contributed by atoms with Gasteiger partial charge in [0.2, 0.25) is 0 Å². The monoisotopic (exact) mass is 832 g/mol. The molecule has 10 aromatic carbocycles. The Bertz CT molecular complexity index is 3580. The van der Waals surface area contributed by atoms with Crippen molar-refractivity contribution in [2.24, 2.45) is 0 Å². The van der Waals surface area contributed by atoms with Gasteiger partial charge in [0.15, 0.2) is 0 Å². The van der Waals surface area contributed by atoms with Crippen molar-refractivity contribution >= 4 is 65.6 Å². The summed E-state index contributed by atoms with van der Waals surface area (Å²) >= 11 is 1.86. The van der Waals surface area contributed by atoms with Gasteiger partial charge in [0, 0.05) is 54.2 Å². The van der Waals surface area contributed by atoms with E-state index in [1.807, 2.05) is 11.3 Å². The number of hydrogen-bond acceptors (Lipinski definition) is 3. The van der Waals surface area contributed by atoms with Gasteiger partial charge in [-0.3, -0.25) is 0 Å². The minimum atomic E-state index is -0.562. The number of fused-ring (bicyclic) bond motifs is 13. The van der Waals surface area contributed by atoms with Gasteiger partial charge in [0.05, 0.1) is 11.1 Å². The van der Waals surface area contributed by atoms with Gasteiger partial charge in [0.25, 0.3) is 0 Å². The van der Waals surface area contributed by atoms with E-state index in [4.69, 9.17) is 0 Å². The van der Waals surface area contributed by atoms with Crippen molar-refractivity contribution in [1.82, 2.24) is 0 Å². The Kier molecular flexibility index (Phi) is 8.34. The molecular weight excluding hydrogens is 793 g/mol. The molecule has 13 rings (SSSR count). The van der Waals surface area contributed by atoms with Crippen LogP contribution in [0.15, 0.2) is 243 Å². The molecule has 300 valence electrons. The van der Waals surface area contributed by atoms with Crippen molar-refractivity contribution in [3.63, 3.8) is 0 Å². The second kappa shape index (κ2) is 14.6. The second-order valence-corrected chi connectivity index (χ2v) is 17.9. The van der Waals surface area contributed by atoms with E-state index in [9.17, 15) is 0 Å². The van der Waals surface area contributed by atoms with E-state index in [1.165, 1.54) is 75.8 Å². The van der Waals surface area contributed by atoms with Crippen LogP contribution in [0.25, 0.3) is 53.6 Å². The summed E-state index contributed by atoms with van der Waals surface area (Å²) < 4.78 is 2.61. The van der Waals surface area contributed by atoms with E-state index in [0.717, 1.165) is 34.1 Å². The highest BCUT2D eigenvalue weighted by Gasteiger charge is 2.52. The molecule has 0 radical (unpaired) electrons. The first-order chi connectivity index (χ1) is 31.8.